The maximum absolute atomic E-state index is 12.2. The molecule has 0 saturated carbocycles. The van der Waals surface area contributed by atoms with Crippen molar-refractivity contribution in [1.29, 1.82) is 0 Å². The lowest BCUT2D eigenvalue weighted by Crippen LogP contribution is -2.31. The van der Waals surface area contributed by atoms with Crippen LogP contribution in [0.1, 0.15) is 15.9 Å². The number of nitrogen functional groups attached to an aromatic ring is 1. The highest BCUT2D eigenvalue weighted by Gasteiger charge is 2.18. The Morgan fingerprint density at radius 2 is 1.70 bits per heavy atom. The minimum atomic E-state index is -0.756. The van der Waals surface area contributed by atoms with Crippen LogP contribution in [-0.4, -0.2) is 44.5 Å². The molecule has 2 N–H and O–H groups in total. The summed E-state index contributed by atoms with van der Waals surface area (Å²) in [5.41, 5.74) is 7.89. The molecule has 0 saturated heterocycles. The maximum atomic E-state index is 12.2. The van der Waals surface area contributed by atoms with E-state index in [0.717, 1.165) is 11.3 Å². The Hall–Kier alpha value is -2.44. The lowest BCUT2D eigenvalue weighted by Gasteiger charge is -2.18. The third-order valence-corrected chi connectivity index (χ3v) is 4.47. The minimum Gasteiger partial charge on any atom is -0.452 e. The third-order valence-electron chi connectivity index (χ3n) is 3.94. The topological polar surface area (TPSA) is 75.9 Å². The number of nitrogens with two attached hydrogens (primary N) is 1. The molecule has 2 aromatic carbocycles. The van der Waals surface area contributed by atoms with Gasteiger partial charge in [0.2, 0.25) is 0 Å². The molecule has 0 spiro atoms. The zero-order chi connectivity index (χ0) is 20.1. The fraction of sp³-hybridized carbons (Fsp3) is 0.263. The number of anilines is 2. The average molecular weight is 410 g/mol. The van der Waals surface area contributed by atoms with E-state index >= 15 is 0 Å². The van der Waals surface area contributed by atoms with Crippen molar-refractivity contribution >= 4 is 46.5 Å². The molecule has 0 fully saturated rings. The number of likely N-dealkylation sites (N-methyl/N-ethyl adjacent to an activating group) is 1. The fourth-order valence-electron chi connectivity index (χ4n) is 2.33. The van der Waals surface area contributed by atoms with Crippen LogP contribution in [0, 0.1) is 0 Å². The first kappa shape index (κ1) is 20.9. The second-order valence-electron chi connectivity index (χ2n) is 6.24. The monoisotopic (exact) mass is 409 g/mol. The van der Waals surface area contributed by atoms with Gasteiger partial charge in [-0.25, -0.2) is 4.79 Å². The first-order valence-corrected chi connectivity index (χ1v) is 8.86. The number of esters is 1. The van der Waals surface area contributed by atoms with Gasteiger partial charge in [0.15, 0.2) is 6.61 Å². The van der Waals surface area contributed by atoms with Gasteiger partial charge >= 0.3 is 5.97 Å². The van der Waals surface area contributed by atoms with Gasteiger partial charge in [0.1, 0.15) is 0 Å². The lowest BCUT2D eigenvalue weighted by molar-refractivity contribution is -0.133. The highest BCUT2D eigenvalue weighted by atomic mass is 35.5. The summed E-state index contributed by atoms with van der Waals surface area (Å²) in [4.78, 5) is 27.9. The minimum absolute atomic E-state index is 0.0298. The van der Waals surface area contributed by atoms with E-state index < -0.39 is 12.6 Å². The molecule has 0 radical (unpaired) electrons. The molecule has 0 bridgehead atoms. The smallest absolute Gasteiger partial charge is 0.340 e. The van der Waals surface area contributed by atoms with Crippen LogP contribution in [-0.2, 0) is 16.1 Å². The van der Waals surface area contributed by atoms with Crippen molar-refractivity contribution < 1.29 is 14.3 Å². The lowest BCUT2D eigenvalue weighted by atomic mass is 10.2. The Bertz CT molecular complexity index is 839. The van der Waals surface area contributed by atoms with Crippen molar-refractivity contribution in [1.82, 2.24) is 4.90 Å². The second-order valence-corrected chi connectivity index (χ2v) is 7.08. The van der Waals surface area contributed by atoms with Crippen LogP contribution in [0.15, 0.2) is 36.4 Å². The van der Waals surface area contributed by atoms with Crippen LogP contribution < -0.4 is 10.6 Å². The van der Waals surface area contributed by atoms with Crippen LogP contribution in [0.3, 0.4) is 0 Å². The zero-order valence-corrected chi connectivity index (χ0v) is 16.8. The predicted octanol–water partition coefficient (Wildman–Crippen LogP) is 3.46. The summed E-state index contributed by atoms with van der Waals surface area (Å²) in [5, 5.41) is 0.407. The first-order valence-electron chi connectivity index (χ1n) is 8.11. The van der Waals surface area contributed by atoms with Gasteiger partial charge in [0.05, 0.1) is 16.3 Å². The molecule has 0 unspecified atom stereocenters. The summed E-state index contributed by atoms with van der Waals surface area (Å²) in [6.07, 6.45) is 0. The molecule has 2 rings (SSSR count). The standard InChI is InChI=1S/C19H21Cl2N3O3/c1-23(2)14-6-4-12(5-7-14)10-24(3)17(25)11-27-19(26)15-8-13(20)9-16(21)18(15)22/h4-9H,10-11,22H2,1-3H3. The summed E-state index contributed by atoms with van der Waals surface area (Å²) < 4.78 is 5.06. The van der Waals surface area contributed by atoms with Crippen molar-refractivity contribution in [2.45, 2.75) is 6.54 Å². The molecule has 27 heavy (non-hydrogen) atoms. The molecule has 0 aliphatic rings. The molecule has 0 aliphatic heterocycles. The van der Waals surface area contributed by atoms with E-state index in [1.807, 2.05) is 43.3 Å². The van der Waals surface area contributed by atoms with E-state index in [4.69, 9.17) is 33.7 Å². The van der Waals surface area contributed by atoms with Crippen molar-refractivity contribution in [2.75, 3.05) is 38.4 Å². The highest BCUT2D eigenvalue weighted by molar-refractivity contribution is 6.37. The number of hydrogen-bond acceptors (Lipinski definition) is 5. The molecular formula is C19H21Cl2N3O3. The molecular weight excluding hydrogens is 389 g/mol. The average Bonchev–Trinajstić information content (AvgIpc) is 2.62. The van der Waals surface area contributed by atoms with E-state index in [0.29, 0.717) is 6.54 Å². The normalized spacial score (nSPS) is 10.4. The summed E-state index contributed by atoms with van der Waals surface area (Å²) in [6.45, 7) is -0.0100. The Kier molecular flexibility index (Phi) is 6.93. The van der Waals surface area contributed by atoms with Crippen LogP contribution in [0.2, 0.25) is 10.0 Å². The number of nitrogens with zero attached hydrogens (tertiary/aromatic N) is 2. The number of ether oxygens (including phenoxy) is 1. The van der Waals surface area contributed by atoms with Gasteiger partial charge in [0, 0.05) is 38.4 Å². The fourth-order valence-corrected chi connectivity index (χ4v) is 2.82. The van der Waals surface area contributed by atoms with Gasteiger partial charge in [-0.3, -0.25) is 4.79 Å². The third kappa shape index (κ3) is 5.52. The van der Waals surface area contributed by atoms with Gasteiger partial charge < -0.3 is 20.3 Å². The van der Waals surface area contributed by atoms with E-state index in [1.54, 1.807) is 7.05 Å². The van der Waals surface area contributed by atoms with E-state index in [9.17, 15) is 9.59 Å². The second kappa shape index (κ2) is 8.97. The Balaban J connectivity index is 1.94. The van der Waals surface area contributed by atoms with E-state index in [1.165, 1.54) is 17.0 Å². The molecule has 6 nitrogen and oxygen atoms in total. The zero-order valence-electron chi connectivity index (χ0n) is 15.3. The van der Waals surface area contributed by atoms with Gasteiger partial charge in [0.25, 0.3) is 5.91 Å². The number of carbonyl (C=O) groups excluding carboxylic acids is 2. The first-order chi connectivity index (χ1) is 12.7. The molecule has 2 aromatic rings. The number of amides is 1. The molecule has 0 aliphatic carbocycles. The number of carbonyl (C=O) groups is 2. The van der Waals surface area contributed by atoms with Crippen LogP contribution in [0.5, 0.6) is 0 Å². The van der Waals surface area contributed by atoms with Gasteiger partial charge in [-0.1, -0.05) is 35.3 Å². The molecule has 8 heteroatoms. The molecule has 144 valence electrons. The van der Waals surface area contributed by atoms with Crippen LogP contribution in [0.25, 0.3) is 0 Å². The molecule has 0 aromatic heterocycles. The van der Waals surface area contributed by atoms with Crippen molar-refractivity contribution in [2.24, 2.45) is 0 Å². The maximum Gasteiger partial charge on any atom is 0.340 e. The Morgan fingerprint density at radius 3 is 2.30 bits per heavy atom. The van der Waals surface area contributed by atoms with Gasteiger partial charge in [-0.05, 0) is 29.8 Å². The van der Waals surface area contributed by atoms with Crippen molar-refractivity contribution in [3.05, 3.63) is 57.6 Å². The van der Waals surface area contributed by atoms with Crippen LogP contribution >= 0.6 is 23.2 Å². The van der Waals surface area contributed by atoms with E-state index in [2.05, 4.69) is 0 Å². The van der Waals surface area contributed by atoms with Crippen LogP contribution in [0.4, 0.5) is 11.4 Å². The largest absolute Gasteiger partial charge is 0.452 e. The van der Waals surface area contributed by atoms with E-state index in [-0.39, 0.29) is 27.2 Å². The summed E-state index contributed by atoms with van der Waals surface area (Å²) in [6, 6.07) is 10.6. The molecule has 0 atom stereocenters. The quantitative estimate of drug-likeness (QED) is 0.583. The summed E-state index contributed by atoms with van der Waals surface area (Å²) in [5.74, 6) is -1.10. The van der Waals surface area contributed by atoms with Crippen molar-refractivity contribution in [3.8, 4) is 0 Å². The molecule has 0 heterocycles. The number of benzene rings is 2. The van der Waals surface area contributed by atoms with Crippen molar-refractivity contribution in [3.63, 3.8) is 0 Å². The SMILES string of the molecule is CN(Cc1ccc(N(C)C)cc1)C(=O)COC(=O)c1cc(Cl)cc(Cl)c1N. The van der Waals surface area contributed by atoms with Gasteiger partial charge in [-0.15, -0.1) is 0 Å². The predicted molar refractivity (Wildman–Crippen MR) is 108 cm³/mol. The molecule has 1 amide bonds. The number of hydrogen-bond donors (Lipinski definition) is 1. The highest BCUT2D eigenvalue weighted by Crippen LogP contribution is 2.28. The number of rotatable bonds is 6. The Labute approximate surface area is 168 Å². The summed E-state index contributed by atoms with van der Waals surface area (Å²) in [7, 11) is 5.55. The number of halogens is 2. The summed E-state index contributed by atoms with van der Waals surface area (Å²) >= 11 is 11.8. The Morgan fingerprint density at radius 1 is 1.07 bits per heavy atom. The van der Waals surface area contributed by atoms with Gasteiger partial charge in [-0.2, -0.15) is 0 Å².